The van der Waals surface area contributed by atoms with Crippen molar-refractivity contribution in [1.82, 2.24) is 9.97 Å². The third-order valence-electron chi connectivity index (χ3n) is 4.08. The molecule has 1 aromatic heterocycles. The van der Waals surface area contributed by atoms with Crippen LogP contribution >= 0.6 is 11.6 Å². The number of hydrogen-bond acceptors (Lipinski definition) is 6. The number of ether oxygens (including phenoxy) is 2. The van der Waals surface area contributed by atoms with Crippen molar-refractivity contribution in [3.05, 3.63) is 95.3 Å². The number of methoxy groups -OCH3 is 1. The van der Waals surface area contributed by atoms with Crippen molar-refractivity contribution >= 4 is 29.4 Å². The van der Waals surface area contributed by atoms with Gasteiger partial charge in [0.2, 0.25) is 0 Å². The van der Waals surface area contributed by atoms with Crippen LogP contribution in [-0.2, 0) is 6.61 Å². The molecule has 0 unspecified atom stereocenters. The minimum absolute atomic E-state index is 0.223. The second kappa shape index (κ2) is 9.10. The van der Waals surface area contributed by atoms with E-state index in [1.54, 1.807) is 30.3 Å². The minimum Gasteiger partial charge on any atom is -0.493 e. The highest BCUT2D eigenvalue weighted by Crippen LogP contribution is 2.33. The maximum absolute atomic E-state index is 11.8. The van der Waals surface area contributed by atoms with Crippen molar-refractivity contribution in [1.29, 1.82) is 0 Å². The molecule has 0 fully saturated rings. The molecule has 10 heteroatoms. The maximum Gasteiger partial charge on any atom is 0.357 e. The predicted octanol–water partition coefficient (Wildman–Crippen LogP) is 3.38. The normalized spacial score (nSPS) is 10.9. The molecule has 9 nitrogen and oxygen atoms in total. The van der Waals surface area contributed by atoms with E-state index in [1.165, 1.54) is 19.3 Å². The summed E-state index contributed by atoms with van der Waals surface area (Å²) in [5.74, 6) is 0.834. The lowest BCUT2D eigenvalue weighted by atomic mass is 10.1. The van der Waals surface area contributed by atoms with Crippen LogP contribution in [0.1, 0.15) is 16.8 Å². The van der Waals surface area contributed by atoms with E-state index < -0.39 is 21.9 Å². The summed E-state index contributed by atoms with van der Waals surface area (Å²) in [6.07, 6.45) is 2.75. The zero-order chi connectivity index (χ0) is 21.7. The number of aromatic amines is 2. The fraction of sp³-hybridized carbons (Fsp3) is 0.100. The second-order valence-corrected chi connectivity index (χ2v) is 6.49. The van der Waals surface area contributed by atoms with Gasteiger partial charge in [0.25, 0.3) is 0 Å². The summed E-state index contributed by atoms with van der Waals surface area (Å²) in [4.78, 5) is 37.7. The van der Waals surface area contributed by atoms with Crippen LogP contribution in [0.2, 0.25) is 5.02 Å². The van der Waals surface area contributed by atoms with Gasteiger partial charge < -0.3 is 14.5 Å². The third-order valence-corrected chi connectivity index (χ3v) is 4.34. The molecule has 0 radical (unpaired) electrons. The first-order chi connectivity index (χ1) is 14.4. The van der Waals surface area contributed by atoms with E-state index in [0.717, 1.165) is 5.56 Å². The van der Waals surface area contributed by atoms with Gasteiger partial charge in [-0.05, 0) is 35.9 Å². The fourth-order valence-corrected chi connectivity index (χ4v) is 2.81. The van der Waals surface area contributed by atoms with Crippen LogP contribution in [0.4, 0.5) is 5.69 Å². The van der Waals surface area contributed by atoms with Crippen LogP contribution in [0.15, 0.2) is 52.1 Å². The monoisotopic (exact) mass is 429 g/mol. The molecule has 3 aromatic rings. The van der Waals surface area contributed by atoms with Gasteiger partial charge >= 0.3 is 16.9 Å². The molecule has 0 atom stereocenters. The molecule has 0 aliphatic heterocycles. The summed E-state index contributed by atoms with van der Waals surface area (Å²) in [6, 6.07) is 12.2. The van der Waals surface area contributed by atoms with Crippen molar-refractivity contribution in [2.75, 3.05) is 7.11 Å². The highest BCUT2D eigenvalue weighted by Gasteiger charge is 2.19. The second-order valence-electron chi connectivity index (χ2n) is 6.05. The lowest BCUT2D eigenvalue weighted by Crippen LogP contribution is -2.25. The van der Waals surface area contributed by atoms with Crippen LogP contribution in [0.25, 0.3) is 12.2 Å². The van der Waals surface area contributed by atoms with Gasteiger partial charge in [-0.1, -0.05) is 35.9 Å². The highest BCUT2D eigenvalue weighted by molar-refractivity contribution is 6.30. The predicted molar refractivity (Wildman–Crippen MR) is 112 cm³/mol. The van der Waals surface area contributed by atoms with Gasteiger partial charge in [0.15, 0.2) is 11.5 Å². The molecule has 0 aliphatic rings. The molecule has 3 rings (SSSR count). The molecule has 0 saturated carbocycles. The lowest BCUT2D eigenvalue weighted by molar-refractivity contribution is -0.386. The number of halogens is 1. The summed E-state index contributed by atoms with van der Waals surface area (Å²) in [7, 11) is 1.48. The molecule has 0 spiro atoms. The average molecular weight is 430 g/mol. The number of nitrogens with one attached hydrogen (secondary N) is 2. The zero-order valence-electron chi connectivity index (χ0n) is 15.7. The topological polar surface area (TPSA) is 127 Å². The Hall–Kier alpha value is -3.85. The summed E-state index contributed by atoms with van der Waals surface area (Å²) < 4.78 is 11.3. The van der Waals surface area contributed by atoms with Crippen molar-refractivity contribution in [3.63, 3.8) is 0 Å². The van der Waals surface area contributed by atoms with Gasteiger partial charge in [-0.25, -0.2) is 4.79 Å². The largest absolute Gasteiger partial charge is 0.493 e. The van der Waals surface area contributed by atoms with Crippen molar-refractivity contribution in [2.45, 2.75) is 6.61 Å². The number of aromatic nitrogens is 2. The smallest absolute Gasteiger partial charge is 0.357 e. The average Bonchev–Trinajstić information content (AvgIpc) is 2.71. The maximum atomic E-state index is 11.8. The van der Waals surface area contributed by atoms with Gasteiger partial charge in [0, 0.05) is 10.6 Å². The number of para-hydroxylation sites is 1. The summed E-state index contributed by atoms with van der Waals surface area (Å²) in [5.41, 5.74) is -1.55. The van der Waals surface area contributed by atoms with Crippen LogP contribution in [0, 0.1) is 10.1 Å². The minimum atomic E-state index is -1.09. The lowest BCUT2D eigenvalue weighted by Gasteiger charge is -2.13. The van der Waals surface area contributed by atoms with Crippen LogP contribution < -0.4 is 20.7 Å². The van der Waals surface area contributed by atoms with Crippen molar-refractivity contribution in [2.24, 2.45) is 0 Å². The van der Waals surface area contributed by atoms with Crippen LogP contribution in [-0.4, -0.2) is 22.0 Å². The molecule has 0 bridgehead atoms. The highest BCUT2D eigenvalue weighted by atomic mass is 35.5. The Labute approximate surface area is 174 Å². The zero-order valence-corrected chi connectivity index (χ0v) is 16.4. The Bertz CT molecular complexity index is 1210. The molecule has 0 saturated heterocycles. The summed E-state index contributed by atoms with van der Waals surface area (Å²) in [5, 5.41) is 11.8. The first-order valence-electron chi connectivity index (χ1n) is 8.62. The number of benzene rings is 2. The van der Waals surface area contributed by atoms with Crippen molar-refractivity contribution < 1.29 is 14.4 Å². The molecule has 0 amide bonds. The van der Waals surface area contributed by atoms with E-state index in [1.807, 2.05) is 17.1 Å². The molecule has 30 heavy (non-hydrogen) atoms. The fourth-order valence-electron chi connectivity index (χ4n) is 2.69. The van der Waals surface area contributed by atoms with E-state index in [4.69, 9.17) is 21.1 Å². The van der Waals surface area contributed by atoms with Gasteiger partial charge in [-0.3, -0.25) is 19.9 Å². The number of H-pyrrole nitrogens is 2. The quantitative estimate of drug-likeness (QED) is 0.437. The number of hydrogen-bond donors (Lipinski definition) is 2. The van der Waals surface area contributed by atoms with E-state index in [9.17, 15) is 19.7 Å². The van der Waals surface area contributed by atoms with E-state index >= 15 is 0 Å². The summed E-state index contributed by atoms with van der Waals surface area (Å²) in [6.45, 7) is 0.223. The molecular weight excluding hydrogens is 414 g/mol. The molecule has 154 valence electrons. The number of rotatable bonds is 7. The molecular formula is C20H16ClN3O6. The van der Waals surface area contributed by atoms with E-state index in [2.05, 4.69) is 4.98 Å². The Morgan fingerprint density at radius 1 is 1.10 bits per heavy atom. The van der Waals surface area contributed by atoms with Crippen LogP contribution in [0.3, 0.4) is 0 Å². The Morgan fingerprint density at radius 2 is 1.83 bits per heavy atom. The number of nitro groups is 1. The Morgan fingerprint density at radius 3 is 2.50 bits per heavy atom. The number of nitrogens with zero attached hydrogens (tertiary/aromatic N) is 1. The molecule has 1 heterocycles. The van der Waals surface area contributed by atoms with Gasteiger partial charge in [0.1, 0.15) is 12.3 Å². The first-order valence-corrected chi connectivity index (χ1v) is 9.00. The molecule has 0 aliphatic carbocycles. The standard InChI is InChI=1S/C20H16ClN3O6/c1-29-16-4-2-3-13(18(16)30-11-12-5-8-14(21)9-6-12)7-10-15-17(24(27)28)19(25)23-20(26)22-15/h2-10H,11H2,1H3,(H2,22,23,25,26)/b10-7-. The third kappa shape index (κ3) is 4.76. The van der Waals surface area contributed by atoms with E-state index in [-0.39, 0.29) is 12.3 Å². The van der Waals surface area contributed by atoms with Crippen molar-refractivity contribution in [3.8, 4) is 11.5 Å². The van der Waals surface area contributed by atoms with Gasteiger partial charge in [-0.15, -0.1) is 0 Å². The van der Waals surface area contributed by atoms with Crippen LogP contribution in [0.5, 0.6) is 11.5 Å². The molecule has 2 N–H and O–H groups in total. The van der Waals surface area contributed by atoms with Gasteiger partial charge in [-0.2, -0.15) is 0 Å². The van der Waals surface area contributed by atoms with Gasteiger partial charge in [0.05, 0.1) is 12.0 Å². The van der Waals surface area contributed by atoms with E-state index in [0.29, 0.717) is 22.1 Å². The molecule has 2 aromatic carbocycles. The first kappa shape index (κ1) is 20.9. The Balaban J connectivity index is 1.97. The summed E-state index contributed by atoms with van der Waals surface area (Å²) >= 11 is 5.89. The Kier molecular flexibility index (Phi) is 6.33. The SMILES string of the molecule is COc1cccc(/C=C\c2[nH]c(=O)[nH]c(=O)c2[N+](=O)[O-])c1OCc1ccc(Cl)cc1.